The average Bonchev–Trinajstić information content (AvgIpc) is 2.78. The first-order valence-electron chi connectivity index (χ1n) is 10.3. The zero-order valence-electron chi connectivity index (χ0n) is 17.6. The van der Waals surface area contributed by atoms with Crippen molar-refractivity contribution in [1.29, 1.82) is 0 Å². The highest BCUT2D eigenvalue weighted by atomic mass is 19.4. The molecular weight excluding hydrogens is 439 g/mol. The quantitative estimate of drug-likeness (QED) is 0.661. The summed E-state index contributed by atoms with van der Waals surface area (Å²) in [6.07, 6.45) is -0.374. The second-order valence-electron chi connectivity index (χ2n) is 7.94. The predicted octanol–water partition coefficient (Wildman–Crippen LogP) is 4.48. The molecule has 6 nitrogen and oxygen atoms in total. The number of aromatic hydroxyl groups is 1. The monoisotopic (exact) mass is 461 g/mol. The van der Waals surface area contributed by atoms with Gasteiger partial charge >= 0.3 is 12.1 Å². The molecule has 0 fully saturated rings. The lowest BCUT2D eigenvalue weighted by Crippen LogP contribution is -2.33. The summed E-state index contributed by atoms with van der Waals surface area (Å²) in [5, 5.41) is 18.4. The molecular formula is C24H22F3NO5. The molecule has 0 saturated carbocycles. The molecule has 0 aromatic heterocycles. The first kappa shape index (κ1) is 22.7. The summed E-state index contributed by atoms with van der Waals surface area (Å²) in [5.41, 5.74) is 1.30. The van der Waals surface area contributed by atoms with E-state index < -0.39 is 23.5 Å². The van der Waals surface area contributed by atoms with Crippen LogP contribution in [0.15, 0.2) is 53.6 Å². The first-order valence-corrected chi connectivity index (χ1v) is 10.3. The lowest BCUT2D eigenvalue weighted by Gasteiger charge is -2.27. The maximum atomic E-state index is 13.2. The minimum absolute atomic E-state index is 0.0808. The third-order valence-electron chi connectivity index (χ3n) is 5.55. The first-order chi connectivity index (χ1) is 15.7. The van der Waals surface area contributed by atoms with Crippen molar-refractivity contribution in [2.75, 3.05) is 26.2 Å². The number of carboxylic acids is 1. The number of rotatable bonds is 6. The van der Waals surface area contributed by atoms with Crippen molar-refractivity contribution >= 4 is 12.0 Å². The fraction of sp³-hybridized carbons (Fsp3) is 0.292. The fourth-order valence-corrected chi connectivity index (χ4v) is 3.82. The van der Waals surface area contributed by atoms with Gasteiger partial charge in [0.2, 0.25) is 0 Å². The fourth-order valence-electron chi connectivity index (χ4n) is 3.82. The van der Waals surface area contributed by atoms with Crippen LogP contribution in [0.1, 0.15) is 23.1 Å². The number of aliphatic carboxylic acids is 1. The van der Waals surface area contributed by atoms with Crippen LogP contribution in [0, 0.1) is 0 Å². The summed E-state index contributed by atoms with van der Waals surface area (Å²) in [5.74, 6) is -0.389. The Hall–Kier alpha value is -3.46. The molecule has 0 unspecified atom stereocenters. The van der Waals surface area contributed by atoms with Gasteiger partial charge in [-0.2, -0.15) is 13.2 Å². The van der Waals surface area contributed by atoms with Gasteiger partial charge in [0.15, 0.2) is 0 Å². The number of carbonyl (C=O) groups is 1. The zero-order valence-corrected chi connectivity index (χ0v) is 17.6. The van der Waals surface area contributed by atoms with Gasteiger partial charge in [-0.15, -0.1) is 0 Å². The summed E-state index contributed by atoms with van der Waals surface area (Å²) < 4.78 is 51.0. The number of hydrogen-bond acceptors (Lipinski definition) is 5. The standard InChI is InChI=1S/C24H22F3NO5/c25-24(26,27)21-10-19(29)3-1-18(21)14-32-20-4-2-17-9-15(13-33-22(17)11-20)12-28-7-5-16(6-8-28)23(30)31/h1-5,9-11,29H,6-8,12-14H2,(H,30,31). The van der Waals surface area contributed by atoms with E-state index in [1.165, 1.54) is 12.1 Å². The number of phenolic OH excluding ortho intramolecular Hbond substituents is 1. The van der Waals surface area contributed by atoms with Crippen molar-refractivity contribution in [2.45, 2.75) is 19.2 Å². The van der Waals surface area contributed by atoms with Gasteiger partial charge in [-0.05, 0) is 42.3 Å². The maximum Gasteiger partial charge on any atom is 0.416 e. The van der Waals surface area contributed by atoms with Crippen LogP contribution in [0.25, 0.3) is 6.08 Å². The minimum atomic E-state index is -4.60. The molecule has 0 amide bonds. The highest BCUT2D eigenvalue weighted by Gasteiger charge is 2.34. The molecule has 2 aromatic carbocycles. The van der Waals surface area contributed by atoms with E-state index in [1.807, 2.05) is 6.08 Å². The Bertz CT molecular complexity index is 1120. The summed E-state index contributed by atoms with van der Waals surface area (Å²) in [7, 11) is 0. The molecule has 2 aromatic rings. The van der Waals surface area contributed by atoms with Crippen LogP contribution in [0.2, 0.25) is 0 Å². The van der Waals surface area contributed by atoms with Gasteiger partial charge in [0.25, 0.3) is 0 Å². The van der Waals surface area contributed by atoms with Crippen LogP contribution in [-0.2, 0) is 17.6 Å². The van der Waals surface area contributed by atoms with Gasteiger partial charge in [-0.25, -0.2) is 4.79 Å². The van der Waals surface area contributed by atoms with Gasteiger partial charge in [0.05, 0.1) is 5.56 Å². The lowest BCUT2D eigenvalue weighted by molar-refractivity contribution is -0.138. The Labute approximate surface area is 188 Å². The molecule has 0 aliphatic carbocycles. The summed E-state index contributed by atoms with van der Waals surface area (Å²) >= 11 is 0. The highest BCUT2D eigenvalue weighted by molar-refractivity contribution is 5.86. The Morgan fingerprint density at radius 3 is 2.70 bits per heavy atom. The van der Waals surface area contributed by atoms with E-state index in [-0.39, 0.29) is 12.2 Å². The van der Waals surface area contributed by atoms with Crippen LogP contribution in [0.5, 0.6) is 17.2 Å². The topological polar surface area (TPSA) is 79.2 Å². The number of benzene rings is 2. The lowest BCUT2D eigenvalue weighted by atomic mass is 10.0. The number of carboxylic acid groups (broad SMARTS) is 1. The molecule has 33 heavy (non-hydrogen) atoms. The molecule has 0 radical (unpaired) electrons. The van der Waals surface area contributed by atoms with Crippen molar-refractivity contribution < 1.29 is 37.7 Å². The molecule has 0 bridgehead atoms. The Kier molecular flexibility index (Phi) is 6.33. The van der Waals surface area contributed by atoms with E-state index in [1.54, 1.807) is 24.3 Å². The number of nitrogens with zero attached hydrogens (tertiary/aromatic N) is 1. The molecule has 2 N–H and O–H groups in total. The summed E-state index contributed by atoms with van der Waals surface area (Å²) in [4.78, 5) is 13.2. The number of alkyl halides is 3. The Morgan fingerprint density at radius 1 is 1.18 bits per heavy atom. The second kappa shape index (κ2) is 9.19. The van der Waals surface area contributed by atoms with Crippen molar-refractivity contribution in [2.24, 2.45) is 0 Å². The van der Waals surface area contributed by atoms with E-state index in [9.17, 15) is 23.1 Å². The molecule has 0 saturated heterocycles. The van der Waals surface area contributed by atoms with E-state index in [4.69, 9.17) is 14.6 Å². The normalized spacial score (nSPS) is 16.3. The third-order valence-corrected chi connectivity index (χ3v) is 5.55. The molecule has 2 heterocycles. The number of halogens is 3. The van der Waals surface area contributed by atoms with Gasteiger partial charge in [-0.1, -0.05) is 12.1 Å². The van der Waals surface area contributed by atoms with E-state index >= 15 is 0 Å². The average molecular weight is 461 g/mol. The van der Waals surface area contributed by atoms with Crippen LogP contribution < -0.4 is 9.47 Å². The number of phenols is 1. The van der Waals surface area contributed by atoms with Crippen molar-refractivity contribution in [3.05, 3.63) is 70.3 Å². The highest BCUT2D eigenvalue weighted by Crippen LogP contribution is 2.35. The number of fused-ring (bicyclic) bond motifs is 1. The number of ether oxygens (including phenoxy) is 2. The molecule has 2 aliphatic heterocycles. The van der Waals surface area contributed by atoms with Crippen molar-refractivity contribution in [3.8, 4) is 17.2 Å². The molecule has 9 heteroatoms. The van der Waals surface area contributed by atoms with E-state index in [2.05, 4.69) is 4.90 Å². The SMILES string of the molecule is O=C(O)C1=CCN(CC2=Cc3ccc(OCc4ccc(O)cc4C(F)(F)F)cc3OC2)CC1. The number of hydrogen-bond donors (Lipinski definition) is 2. The summed E-state index contributed by atoms with van der Waals surface area (Å²) in [6.45, 7) is 1.93. The van der Waals surface area contributed by atoms with Gasteiger partial charge in [0, 0.05) is 42.4 Å². The van der Waals surface area contributed by atoms with Crippen LogP contribution >= 0.6 is 0 Å². The molecule has 4 rings (SSSR count). The van der Waals surface area contributed by atoms with Gasteiger partial charge in [0.1, 0.15) is 30.5 Å². The smallest absolute Gasteiger partial charge is 0.416 e. The Balaban J connectivity index is 1.41. The predicted molar refractivity (Wildman–Crippen MR) is 114 cm³/mol. The maximum absolute atomic E-state index is 13.2. The van der Waals surface area contributed by atoms with Crippen molar-refractivity contribution in [1.82, 2.24) is 4.90 Å². The Morgan fingerprint density at radius 2 is 2.00 bits per heavy atom. The van der Waals surface area contributed by atoms with E-state index in [0.717, 1.165) is 11.1 Å². The third kappa shape index (κ3) is 5.48. The zero-order chi connectivity index (χ0) is 23.6. The molecule has 174 valence electrons. The van der Waals surface area contributed by atoms with Crippen LogP contribution in [0.3, 0.4) is 0 Å². The second-order valence-corrected chi connectivity index (χ2v) is 7.94. The van der Waals surface area contributed by atoms with Gasteiger partial charge < -0.3 is 19.7 Å². The van der Waals surface area contributed by atoms with Crippen LogP contribution in [0.4, 0.5) is 13.2 Å². The largest absolute Gasteiger partial charge is 0.508 e. The molecule has 0 spiro atoms. The molecule has 0 atom stereocenters. The van der Waals surface area contributed by atoms with Crippen LogP contribution in [-0.4, -0.2) is 47.3 Å². The van der Waals surface area contributed by atoms with Crippen molar-refractivity contribution in [3.63, 3.8) is 0 Å². The molecule has 2 aliphatic rings. The summed E-state index contributed by atoms with van der Waals surface area (Å²) in [6, 6.07) is 8.15. The van der Waals surface area contributed by atoms with E-state index in [0.29, 0.717) is 55.8 Å². The van der Waals surface area contributed by atoms with Gasteiger partial charge in [-0.3, -0.25) is 4.90 Å². The minimum Gasteiger partial charge on any atom is -0.508 e.